The molecule has 0 aromatic heterocycles. The maximum absolute atomic E-state index is 5.90. The van der Waals surface area contributed by atoms with E-state index < -0.39 is 0 Å². The van der Waals surface area contributed by atoms with Gasteiger partial charge >= 0.3 is 0 Å². The first-order chi connectivity index (χ1) is 5.75. The van der Waals surface area contributed by atoms with E-state index in [0.717, 1.165) is 18.4 Å². The van der Waals surface area contributed by atoms with Crippen molar-refractivity contribution in [3.05, 3.63) is 0 Å². The summed E-state index contributed by atoms with van der Waals surface area (Å²) in [6.45, 7) is 5.42. The van der Waals surface area contributed by atoms with Gasteiger partial charge in [0, 0.05) is 6.61 Å². The van der Waals surface area contributed by atoms with E-state index in [-0.39, 0.29) is 0 Å². The molecular weight excluding hydrogens is 148 g/mol. The topological polar surface area (TPSA) is 9.23 Å². The first-order valence-electron chi connectivity index (χ1n) is 5.37. The third-order valence-electron chi connectivity index (χ3n) is 3.32. The second kappa shape index (κ2) is 3.37. The Morgan fingerprint density at radius 1 is 1.25 bits per heavy atom. The molecule has 0 aliphatic heterocycles. The first-order valence-corrected chi connectivity index (χ1v) is 5.37. The molecular formula is C11H20O. The maximum Gasteiger partial charge on any atom is 0.0606 e. The van der Waals surface area contributed by atoms with Crippen molar-refractivity contribution < 1.29 is 4.74 Å². The molecule has 0 spiro atoms. The Kier molecular flexibility index (Phi) is 2.40. The molecule has 2 aliphatic carbocycles. The Morgan fingerprint density at radius 3 is 2.58 bits per heavy atom. The molecule has 0 heterocycles. The van der Waals surface area contributed by atoms with E-state index >= 15 is 0 Å². The fourth-order valence-electron chi connectivity index (χ4n) is 2.71. The molecule has 1 heteroatoms. The standard InChI is InChI=1S/C11H20O/c1-8(2)7-12-11-6-9-3-4-10(11)5-9/h8-11H,3-7H2,1-2H3/t9-,10+,11+/m0/s1. The summed E-state index contributed by atoms with van der Waals surface area (Å²) in [5.41, 5.74) is 0. The Balaban J connectivity index is 1.76. The second-order valence-electron chi connectivity index (χ2n) is 4.94. The zero-order chi connectivity index (χ0) is 8.55. The lowest BCUT2D eigenvalue weighted by Gasteiger charge is -2.22. The van der Waals surface area contributed by atoms with Crippen LogP contribution in [-0.4, -0.2) is 12.7 Å². The fraction of sp³-hybridized carbons (Fsp3) is 1.00. The Morgan fingerprint density at radius 2 is 2.08 bits per heavy atom. The lowest BCUT2D eigenvalue weighted by molar-refractivity contribution is 0.00265. The molecule has 0 unspecified atom stereocenters. The van der Waals surface area contributed by atoms with Gasteiger partial charge in [-0.1, -0.05) is 13.8 Å². The highest BCUT2D eigenvalue weighted by molar-refractivity contribution is 4.90. The highest BCUT2D eigenvalue weighted by Gasteiger charge is 2.39. The van der Waals surface area contributed by atoms with E-state index in [1.54, 1.807) is 0 Å². The first kappa shape index (κ1) is 8.55. The minimum Gasteiger partial charge on any atom is -0.378 e. The summed E-state index contributed by atoms with van der Waals surface area (Å²) in [6.07, 6.45) is 6.37. The van der Waals surface area contributed by atoms with Gasteiger partial charge in [-0.05, 0) is 43.4 Å². The summed E-state index contributed by atoms with van der Waals surface area (Å²) in [6, 6.07) is 0. The van der Waals surface area contributed by atoms with Crippen LogP contribution in [-0.2, 0) is 4.74 Å². The van der Waals surface area contributed by atoms with Gasteiger partial charge in [0.25, 0.3) is 0 Å². The minimum atomic E-state index is 0.631. The minimum absolute atomic E-state index is 0.631. The lowest BCUT2D eigenvalue weighted by atomic mass is 9.98. The number of hydrogen-bond donors (Lipinski definition) is 0. The molecule has 0 N–H and O–H groups in total. The molecule has 1 nitrogen and oxygen atoms in total. The lowest BCUT2D eigenvalue weighted by Crippen LogP contribution is -2.22. The monoisotopic (exact) mass is 168 g/mol. The quantitative estimate of drug-likeness (QED) is 0.629. The number of ether oxygens (including phenoxy) is 1. The summed E-state index contributed by atoms with van der Waals surface area (Å²) in [7, 11) is 0. The van der Waals surface area contributed by atoms with Gasteiger partial charge in [0.2, 0.25) is 0 Å². The molecule has 0 aromatic carbocycles. The zero-order valence-electron chi connectivity index (χ0n) is 8.25. The van der Waals surface area contributed by atoms with Crippen LogP contribution in [0.5, 0.6) is 0 Å². The molecule has 12 heavy (non-hydrogen) atoms. The predicted molar refractivity (Wildman–Crippen MR) is 50.0 cm³/mol. The average molecular weight is 168 g/mol. The van der Waals surface area contributed by atoms with Gasteiger partial charge < -0.3 is 4.74 Å². The van der Waals surface area contributed by atoms with Crippen LogP contribution < -0.4 is 0 Å². The van der Waals surface area contributed by atoms with E-state index in [1.807, 2.05) is 0 Å². The molecule has 0 radical (unpaired) electrons. The molecule has 2 rings (SSSR count). The van der Waals surface area contributed by atoms with Crippen molar-refractivity contribution in [2.75, 3.05) is 6.61 Å². The van der Waals surface area contributed by atoms with Crippen LogP contribution in [0.25, 0.3) is 0 Å². The Bertz CT molecular complexity index is 153. The van der Waals surface area contributed by atoms with Crippen molar-refractivity contribution in [2.24, 2.45) is 17.8 Å². The van der Waals surface area contributed by atoms with Gasteiger partial charge in [0.1, 0.15) is 0 Å². The molecule has 0 aromatic rings. The van der Waals surface area contributed by atoms with Crippen molar-refractivity contribution in [3.63, 3.8) is 0 Å². The number of fused-ring (bicyclic) bond motifs is 2. The number of hydrogen-bond acceptors (Lipinski definition) is 1. The Labute approximate surface area is 75.5 Å². The highest BCUT2D eigenvalue weighted by atomic mass is 16.5. The summed E-state index contributed by atoms with van der Waals surface area (Å²) in [4.78, 5) is 0. The van der Waals surface area contributed by atoms with Crippen molar-refractivity contribution in [1.82, 2.24) is 0 Å². The summed E-state index contributed by atoms with van der Waals surface area (Å²) in [5.74, 6) is 2.64. The van der Waals surface area contributed by atoms with Crippen molar-refractivity contribution in [2.45, 2.75) is 45.6 Å². The fourth-order valence-corrected chi connectivity index (χ4v) is 2.71. The second-order valence-corrected chi connectivity index (χ2v) is 4.94. The Hall–Kier alpha value is -0.0400. The summed E-state index contributed by atoms with van der Waals surface area (Å²) >= 11 is 0. The van der Waals surface area contributed by atoms with Crippen LogP contribution >= 0.6 is 0 Å². The zero-order valence-corrected chi connectivity index (χ0v) is 8.25. The van der Waals surface area contributed by atoms with Crippen molar-refractivity contribution >= 4 is 0 Å². The molecule has 2 aliphatic rings. The van der Waals surface area contributed by atoms with Gasteiger partial charge in [-0.3, -0.25) is 0 Å². The summed E-state index contributed by atoms with van der Waals surface area (Å²) < 4.78 is 5.90. The van der Waals surface area contributed by atoms with E-state index in [4.69, 9.17) is 4.74 Å². The molecule has 70 valence electrons. The van der Waals surface area contributed by atoms with Crippen LogP contribution in [0.2, 0.25) is 0 Å². The maximum atomic E-state index is 5.90. The third kappa shape index (κ3) is 1.66. The van der Waals surface area contributed by atoms with Gasteiger partial charge in [-0.25, -0.2) is 0 Å². The van der Waals surface area contributed by atoms with E-state index in [0.29, 0.717) is 12.0 Å². The average Bonchev–Trinajstić information content (AvgIpc) is 2.60. The van der Waals surface area contributed by atoms with Crippen molar-refractivity contribution in [3.8, 4) is 0 Å². The van der Waals surface area contributed by atoms with E-state index in [2.05, 4.69) is 13.8 Å². The van der Waals surface area contributed by atoms with Crippen LogP contribution in [0.15, 0.2) is 0 Å². The van der Waals surface area contributed by atoms with Gasteiger partial charge in [0.15, 0.2) is 0 Å². The molecule has 2 bridgehead atoms. The van der Waals surface area contributed by atoms with Crippen LogP contribution in [0.4, 0.5) is 0 Å². The SMILES string of the molecule is CC(C)CO[C@@H]1C[C@H]2CC[C@@H]1C2. The third-order valence-corrected chi connectivity index (χ3v) is 3.32. The molecule has 0 saturated heterocycles. The van der Waals surface area contributed by atoms with Gasteiger partial charge in [-0.2, -0.15) is 0 Å². The normalized spacial score (nSPS) is 39.8. The predicted octanol–water partition coefficient (Wildman–Crippen LogP) is 2.85. The van der Waals surface area contributed by atoms with E-state index in [9.17, 15) is 0 Å². The molecule has 2 saturated carbocycles. The molecule has 2 fully saturated rings. The van der Waals surface area contributed by atoms with Crippen LogP contribution in [0, 0.1) is 17.8 Å². The molecule has 0 amide bonds. The van der Waals surface area contributed by atoms with Crippen molar-refractivity contribution in [1.29, 1.82) is 0 Å². The van der Waals surface area contributed by atoms with E-state index in [1.165, 1.54) is 25.7 Å². The highest BCUT2D eigenvalue weighted by Crippen LogP contribution is 2.45. The smallest absolute Gasteiger partial charge is 0.0606 e. The largest absolute Gasteiger partial charge is 0.378 e. The molecule has 3 atom stereocenters. The van der Waals surface area contributed by atoms with Gasteiger partial charge in [-0.15, -0.1) is 0 Å². The van der Waals surface area contributed by atoms with Gasteiger partial charge in [0.05, 0.1) is 6.10 Å². The van der Waals surface area contributed by atoms with Crippen LogP contribution in [0.1, 0.15) is 39.5 Å². The summed E-state index contributed by atoms with van der Waals surface area (Å²) in [5, 5.41) is 0. The van der Waals surface area contributed by atoms with Crippen LogP contribution in [0.3, 0.4) is 0 Å². The number of rotatable bonds is 3.